The Balaban J connectivity index is 1.38. The quantitative estimate of drug-likeness (QED) is 0.797. The van der Waals surface area contributed by atoms with Crippen molar-refractivity contribution < 1.29 is 9.18 Å². The highest BCUT2D eigenvalue weighted by molar-refractivity contribution is 5.94. The lowest BCUT2D eigenvalue weighted by Crippen LogP contribution is -2.48. The average Bonchev–Trinajstić information content (AvgIpc) is 3.06. The molecule has 4 nitrogen and oxygen atoms in total. The van der Waals surface area contributed by atoms with Gasteiger partial charge in [0.05, 0.1) is 0 Å². The molecule has 2 heterocycles. The van der Waals surface area contributed by atoms with Crippen molar-refractivity contribution in [1.29, 1.82) is 0 Å². The summed E-state index contributed by atoms with van der Waals surface area (Å²) < 4.78 is 13.0. The van der Waals surface area contributed by atoms with Crippen molar-refractivity contribution in [3.63, 3.8) is 0 Å². The number of benzene rings is 2. The molecule has 0 bridgehead atoms. The lowest BCUT2D eigenvalue weighted by molar-refractivity contribution is 0.0629. The van der Waals surface area contributed by atoms with Crippen molar-refractivity contribution in [3.8, 4) is 0 Å². The third-order valence-corrected chi connectivity index (χ3v) is 4.82. The van der Waals surface area contributed by atoms with Crippen LogP contribution in [0.25, 0.3) is 10.9 Å². The van der Waals surface area contributed by atoms with E-state index >= 15 is 0 Å². The van der Waals surface area contributed by atoms with Crippen LogP contribution >= 0.6 is 0 Å². The zero-order chi connectivity index (χ0) is 17.2. The Morgan fingerprint density at radius 3 is 2.48 bits per heavy atom. The van der Waals surface area contributed by atoms with Gasteiger partial charge in [0.25, 0.3) is 5.91 Å². The molecule has 0 unspecified atom stereocenters. The van der Waals surface area contributed by atoms with E-state index in [1.54, 1.807) is 12.1 Å². The lowest BCUT2D eigenvalue weighted by atomic mass is 10.1. The molecule has 2 aromatic carbocycles. The van der Waals surface area contributed by atoms with E-state index in [1.165, 1.54) is 23.1 Å². The van der Waals surface area contributed by atoms with Gasteiger partial charge in [-0.2, -0.15) is 0 Å². The highest BCUT2D eigenvalue weighted by Crippen LogP contribution is 2.20. The first-order chi connectivity index (χ1) is 12.2. The molecule has 4 rings (SSSR count). The van der Waals surface area contributed by atoms with Gasteiger partial charge in [0.2, 0.25) is 0 Å². The van der Waals surface area contributed by atoms with E-state index in [-0.39, 0.29) is 11.7 Å². The van der Waals surface area contributed by atoms with Gasteiger partial charge in [0, 0.05) is 55.4 Å². The van der Waals surface area contributed by atoms with Gasteiger partial charge < -0.3 is 9.88 Å². The maximum atomic E-state index is 13.0. The van der Waals surface area contributed by atoms with Crippen molar-refractivity contribution in [3.05, 3.63) is 71.7 Å². The third kappa shape index (κ3) is 3.28. The number of aromatic amines is 1. The molecule has 1 amide bonds. The summed E-state index contributed by atoms with van der Waals surface area (Å²) in [5.41, 5.74) is 2.99. The SMILES string of the molecule is O=C(c1ccc(F)cc1)N1CCN(Cc2c[nH]c3ccccc23)CC1. The number of hydrogen-bond acceptors (Lipinski definition) is 2. The molecule has 1 fully saturated rings. The highest BCUT2D eigenvalue weighted by atomic mass is 19.1. The molecule has 1 aliphatic rings. The Hall–Kier alpha value is -2.66. The molecule has 0 spiro atoms. The molecular formula is C20H20FN3O. The van der Waals surface area contributed by atoms with Crippen molar-refractivity contribution in [2.45, 2.75) is 6.54 Å². The van der Waals surface area contributed by atoms with Gasteiger partial charge in [-0.05, 0) is 35.9 Å². The second-order valence-electron chi connectivity index (χ2n) is 6.43. The summed E-state index contributed by atoms with van der Waals surface area (Å²) in [6.07, 6.45) is 2.07. The fourth-order valence-electron chi connectivity index (χ4n) is 3.39. The Kier molecular flexibility index (Phi) is 4.24. The van der Waals surface area contributed by atoms with E-state index in [0.717, 1.165) is 25.2 Å². The van der Waals surface area contributed by atoms with Crippen molar-refractivity contribution in [2.75, 3.05) is 26.2 Å². The van der Waals surface area contributed by atoms with Gasteiger partial charge in [0.15, 0.2) is 0 Å². The molecule has 0 saturated carbocycles. The first-order valence-corrected chi connectivity index (χ1v) is 8.53. The minimum Gasteiger partial charge on any atom is -0.361 e. The van der Waals surface area contributed by atoms with E-state index in [9.17, 15) is 9.18 Å². The average molecular weight is 337 g/mol. The standard InChI is InChI=1S/C20H20FN3O/c21-17-7-5-15(6-8-17)20(25)24-11-9-23(10-12-24)14-16-13-22-19-4-2-1-3-18(16)19/h1-8,13,22H,9-12,14H2. The molecule has 1 aromatic heterocycles. The molecule has 0 radical (unpaired) electrons. The largest absolute Gasteiger partial charge is 0.361 e. The summed E-state index contributed by atoms with van der Waals surface area (Å²) in [6, 6.07) is 14.1. The number of piperazine rings is 1. The van der Waals surface area contributed by atoms with Crippen LogP contribution in [0, 0.1) is 5.82 Å². The van der Waals surface area contributed by atoms with Crippen LogP contribution < -0.4 is 0 Å². The lowest BCUT2D eigenvalue weighted by Gasteiger charge is -2.34. The number of rotatable bonds is 3. The molecule has 1 N–H and O–H groups in total. The predicted octanol–water partition coefficient (Wildman–Crippen LogP) is 3.27. The van der Waals surface area contributed by atoms with E-state index in [2.05, 4.69) is 34.3 Å². The van der Waals surface area contributed by atoms with Crippen LogP contribution in [0.1, 0.15) is 15.9 Å². The Bertz CT molecular complexity index is 879. The van der Waals surface area contributed by atoms with Gasteiger partial charge in [0.1, 0.15) is 5.82 Å². The molecule has 25 heavy (non-hydrogen) atoms. The van der Waals surface area contributed by atoms with Crippen molar-refractivity contribution >= 4 is 16.8 Å². The van der Waals surface area contributed by atoms with Crippen molar-refractivity contribution in [2.24, 2.45) is 0 Å². The van der Waals surface area contributed by atoms with Crippen LogP contribution in [0.5, 0.6) is 0 Å². The molecule has 128 valence electrons. The minimum absolute atomic E-state index is 0.0215. The number of fused-ring (bicyclic) bond motifs is 1. The summed E-state index contributed by atoms with van der Waals surface area (Å²) >= 11 is 0. The fourth-order valence-corrected chi connectivity index (χ4v) is 3.39. The first kappa shape index (κ1) is 15.8. The number of nitrogens with one attached hydrogen (secondary N) is 1. The number of nitrogens with zero attached hydrogens (tertiary/aromatic N) is 2. The van der Waals surface area contributed by atoms with E-state index < -0.39 is 0 Å². The Morgan fingerprint density at radius 2 is 1.72 bits per heavy atom. The first-order valence-electron chi connectivity index (χ1n) is 8.53. The molecule has 5 heteroatoms. The zero-order valence-electron chi connectivity index (χ0n) is 13.9. The highest BCUT2D eigenvalue weighted by Gasteiger charge is 2.22. The van der Waals surface area contributed by atoms with Crippen LogP contribution in [0.4, 0.5) is 4.39 Å². The monoisotopic (exact) mass is 337 g/mol. The topological polar surface area (TPSA) is 39.3 Å². The normalized spacial score (nSPS) is 15.6. The molecular weight excluding hydrogens is 317 g/mol. The number of carbonyl (C=O) groups excluding carboxylic acids is 1. The van der Waals surface area contributed by atoms with Gasteiger partial charge in [-0.3, -0.25) is 9.69 Å². The Morgan fingerprint density at radius 1 is 1.00 bits per heavy atom. The van der Waals surface area contributed by atoms with Crippen molar-refractivity contribution in [1.82, 2.24) is 14.8 Å². The third-order valence-electron chi connectivity index (χ3n) is 4.82. The van der Waals surface area contributed by atoms with Crippen LogP contribution in [0.2, 0.25) is 0 Å². The minimum atomic E-state index is -0.319. The summed E-state index contributed by atoms with van der Waals surface area (Å²) in [7, 11) is 0. The predicted molar refractivity (Wildman–Crippen MR) is 95.9 cm³/mol. The smallest absolute Gasteiger partial charge is 0.253 e. The second kappa shape index (κ2) is 6.69. The molecule has 0 aliphatic carbocycles. The maximum Gasteiger partial charge on any atom is 0.253 e. The number of amides is 1. The molecule has 1 aliphatic heterocycles. The summed E-state index contributed by atoms with van der Waals surface area (Å²) in [6.45, 7) is 3.94. The van der Waals surface area contributed by atoms with Gasteiger partial charge in [-0.15, -0.1) is 0 Å². The molecule has 3 aromatic rings. The van der Waals surface area contributed by atoms with Gasteiger partial charge in [-0.25, -0.2) is 4.39 Å². The van der Waals surface area contributed by atoms with Gasteiger partial charge >= 0.3 is 0 Å². The van der Waals surface area contributed by atoms with Crippen LogP contribution in [0.3, 0.4) is 0 Å². The number of aromatic nitrogens is 1. The van der Waals surface area contributed by atoms with Crippen LogP contribution in [-0.2, 0) is 6.54 Å². The van der Waals surface area contributed by atoms with Crippen LogP contribution in [-0.4, -0.2) is 46.9 Å². The fraction of sp³-hybridized carbons (Fsp3) is 0.250. The molecule has 1 saturated heterocycles. The summed E-state index contributed by atoms with van der Waals surface area (Å²) in [4.78, 5) is 20.0. The second-order valence-corrected chi connectivity index (χ2v) is 6.43. The van der Waals surface area contributed by atoms with E-state index in [1.807, 2.05) is 11.0 Å². The zero-order valence-corrected chi connectivity index (χ0v) is 13.9. The number of halogens is 1. The van der Waals surface area contributed by atoms with E-state index in [0.29, 0.717) is 18.7 Å². The summed E-state index contributed by atoms with van der Waals surface area (Å²) in [5, 5.41) is 1.26. The Labute approximate surface area is 145 Å². The number of H-pyrrole nitrogens is 1. The summed E-state index contributed by atoms with van der Waals surface area (Å²) in [5.74, 6) is -0.341. The van der Waals surface area contributed by atoms with Crippen LogP contribution in [0.15, 0.2) is 54.7 Å². The number of para-hydroxylation sites is 1. The molecule has 0 atom stereocenters. The maximum absolute atomic E-state index is 13.0. The number of carbonyl (C=O) groups is 1. The van der Waals surface area contributed by atoms with Gasteiger partial charge in [-0.1, -0.05) is 18.2 Å². The van der Waals surface area contributed by atoms with E-state index in [4.69, 9.17) is 0 Å². The number of hydrogen-bond donors (Lipinski definition) is 1.